The van der Waals surface area contributed by atoms with Crippen LogP contribution in [0.25, 0.3) is 0 Å². The van der Waals surface area contributed by atoms with Crippen molar-refractivity contribution in [3.05, 3.63) is 52.3 Å². The first-order chi connectivity index (χ1) is 13.7. The van der Waals surface area contributed by atoms with Gasteiger partial charge in [0.2, 0.25) is 5.91 Å². The minimum absolute atomic E-state index is 0.153. The number of piperidine rings is 1. The highest BCUT2D eigenvalue weighted by Gasteiger charge is 2.37. The van der Waals surface area contributed by atoms with Gasteiger partial charge in [-0.2, -0.15) is 13.2 Å². The first-order valence-electron chi connectivity index (χ1n) is 9.22. The second kappa shape index (κ2) is 8.22. The van der Waals surface area contributed by atoms with Gasteiger partial charge in [-0.1, -0.05) is 0 Å². The first kappa shape index (κ1) is 20.8. The van der Waals surface area contributed by atoms with Crippen molar-refractivity contribution >= 4 is 11.7 Å². The van der Waals surface area contributed by atoms with E-state index in [2.05, 4.69) is 9.97 Å². The van der Waals surface area contributed by atoms with Crippen molar-refractivity contribution in [2.75, 3.05) is 25.0 Å². The molecule has 0 spiro atoms. The molecule has 0 saturated carbocycles. The highest BCUT2D eigenvalue weighted by Crippen LogP contribution is 2.36. The number of hydrogen-bond acceptors (Lipinski definition) is 5. The lowest BCUT2D eigenvalue weighted by Crippen LogP contribution is -2.50. The number of nitrogens with zero attached hydrogens (tertiary/aromatic N) is 5. The second-order valence-electron chi connectivity index (χ2n) is 7.12. The van der Waals surface area contributed by atoms with Crippen molar-refractivity contribution in [2.24, 2.45) is 0 Å². The number of likely N-dealkylation sites (N-methyl/N-ethyl adjacent to an activating group) is 1. The molecule has 0 N–H and O–H groups in total. The highest BCUT2D eigenvalue weighted by atomic mass is 19.4. The van der Waals surface area contributed by atoms with Crippen LogP contribution in [0.15, 0.2) is 35.5 Å². The van der Waals surface area contributed by atoms with Crippen molar-refractivity contribution in [3.8, 4) is 0 Å². The normalized spacial score (nSPS) is 17.3. The Labute approximate surface area is 165 Å². The van der Waals surface area contributed by atoms with E-state index in [1.165, 1.54) is 34.1 Å². The third-order valence-corrected chi connectivity index (χ3v) is 5.04. The maximum absolute atomic E-state index is 13.3. The molecule has 2 aromatic heterocycles. The van der Waals surface area contributed by atoms with Gasteiger partial charge in [0, 0.05) is 44.1 Å². The van der Waals surface area contributed by atoms with Crippen molar-refractivity contribution < 1.29 is 18.0 Å². The van der Waals surface area contributed by atoms with Gasteiger partial charge >= 0.3 is 6.18 Å². The lowest BCUT2D eigenvalue weighted by molar-refractivity contribution is -0.137. The van der Waals surface area contributed by atoms with Crippen molar-refractivity contribution in [2.45, 2.75) is 38.5 Å². The van der Waals surface area contributed by atoms with Gasteiger partial charge in [0.1, 0.15) is 12.4 Å². The fourth-order valence-corrected chi connectivity index (χ4v) is 3.45. The van der Waals surface area contributed by atoms with Crippen molar-refractivity contribution in [1.82, 2.24) is 19.4 Å². The van der Waals surface area contributed by atoms with Crippen LogP contribution in [0.2, 0.25) is 0 Å². The van der Waals surface area contributed by atoms with Crippen molar-refractivity contribution in [1.29, 1.82) is 0 Å². The molecule has 2 aromatic rings. The molecule has 1 aliphatic rings. The number of carbonyl (C=O) groups excluding carboxylic acids is 1. The number of anilines is 1. The van der Waals surface area contributed by atoms with Gasteiger partial charge in [-0.25, -0.2) is 9.97 Å². The van der Waals surface area contributed by atoms with Crippen LogP contribution in [0, 0.1) is 6.92 Å². The predicted molar refractivity (Wildman–Crippen MR) is 100 cm³/mol. The predicted octanol–water partition coefficient (Wildman–Crippen LogP) is 2.09. The van der Waals surface area contributed by atoms with Crippen LogP contribution in [0.5, 0.6) is 0 Å². The summed E-state index contributed by atoms with van der Waals surface area (Å²) in [6.07, 6.45) is -0.575. The van der Waals surface area contributed by atoms with Crippen LogP contribution in [-0.2, 0) is 17.5 Å². The smallest absolute Gasteiger partial charge is 0.354 e. The highest BCUT2D eigenvalue weighted by molar-refractivity contribution is 5.76. The zero-order valence-corrected chi connectivity index (χ0v) is 16.2. The Morgan fingerprint density at radius 3 is 2.79 bits per heavy atom. The van der Waals surface area contributed by atoms with E-state index in [0.29, 0.717) is 25.1 Å². The summed E-state index contributed by atoms with van der Waals surface area (Å²) in [5.41, 5.74) is -0.558. The third kappa shape index (κ3) is 4.75. The molecular weight excluding hydrogens is 387 g/mol. The molecule has 1 unspecified atom stereocenters. The minimum Gasteiger partial charge on any atom is -0.354 e. The Bertz CT molecular complexity index is 944. The lowest BCUT2D eigenvalue weighted by Gasteiger charge is -2.38. The van der Waals surface area contributed by atoms with E-state index >= 15 is 0 Å². The van der Waals surface area contributed by atoms with Crippen LogP contribution in [-0.4, -0.2) is 51.5 Å². The summed E-state index contributed by atoms with van der Waals surface area (Å²) in [4.78, 5) is 35.7. The lowest BCUT2D eigenvalue weighted by atomic mass is 10.0. The Morgan fingerprint density at radius 2 is 2.10 bits per heavy atom. The van der Waals surface area contributed by atoms with E-state index in [1.807, 2.05) is 0 Å². The number of rotatable bonds is 4. The molecule has 0 bridgehead atoms. The number of halogens is 3. The summed E-state index contributed by atoms with van der Waals surface area (Å²) >= 11 is 0. The minimum atomic E-state index is -4.51. The van der Waals surface area contributed by atoms with E-state index in [0.717, 1.165) is 6.07 Å². The molecule has 1 atom stereocenters. The molecule has 0 aromatic carbocycles. The second-order valence-corrected chi connectivity index (χ2v) is 7.12. The molecule has 1 aliphatic heterocycles. The molecule has 3 rings (SSSR count). The first-order valence-corrected chi connectivity index (χ1v) is 9.22. The SMILES string of the molecule is Cc1cc(=O)n(CC(=O)N2CCCC(N(C)c3ncccc3C(F)(F)F)C2)cn1. The quantitative estimate of drug-likeness (QED) is 0.774. The Balaban J connectivity index is 1.74. The summed E-state index contributed by atoms with van der Waals surface area (Å²) in [5.74, 6) is -0.425. The van der Waals surface area contributed by atoms with E-state index in [-0.39, 0.29) is 36.4 Å². The molecule has 29 heavy (non-hydrogen) atoms. The third-order valence-electron chi connectivity index (χ3n) is 5.04. The monoisotopic (exact) mass is 409 g/mol. The molecule has 1 amide bonds. The number of amides is 1. The number of alkyl halides is 3. The number of aromatic nitrogens is 3. The van der Waals surface area contributed by atoms with E-state index in [1.54, 1.807) is 18.9 Å². The van der Waals surface area contributed by atoms with E-state index < -0.39 is 11.7 Å². The number of carbonyl (C=O) groups is 1. The van der Waals surface area contributed by atoms with Gasteiger partial charge in [-0.05, 0) is 31.9 Å². The Hall–Kier alpha value is -2.91. The van der Waals surface area contributed by atoms with Gasteiger partial charge in [0.05, 0.1) is 11.9 Å². The number of aryl methyl sites for hydroxylation is 1. The molecule has 0 aliphatic carbocycles. The van der Waals surface area contributed by atoms with Crippen LogP contribution in [0.3, 0.4) is 0 Å². The van der Waals surface area contributed by atoms with Crippen LogP contribution in [0.1, 0.15) is 24.1 Å². The van der Waals surface area contributed by atoms with Gasteiger partial charge in [0.25, 0.3) is 5.56 Å². The molecule has 3 heterocycles. The Morgan fingerprint density at radius 1 is 1.34 bits per heavy atom. The maximum atomic E-state index is 13.3. The fraction of sp³-hybridized carbons (Fsp3) is 0.474. The zero-order valence-electron chi connectivity index (χ0n) is 16.2. The Kier molecular flexibility index (Phi) is 5.90. The zero-order chi connectivity index (χ0) is 21.2. The molecule has 1 fully saturated rings. The topological polar surface area (TPSA) is 71.3 Å². The average Bonchev–Trinajstić information content (AvgIpc) is 2.69. The van der Waals surface area contributed by atoms with Gasteiger partial charge < -0.3 is 9.80 Å². The van der Waals surface area contributed by atoms with Gasteiger partial charge in [-0.3, -0.25) is 14.2 Å². The summed E-state index contributed by atoms with van der Waals surface area (Å²) in [6, 6.07) is 3.29. The summed E-state index contributed by atoms with van der Waals surface area (Å²) in [5, 5.41) is 0. The number of pyridine rings is 1. The van der Waals surface area contributed by atoms with Crippen LogP contribution >= 0.6 is 0 Å². The van der Waals surface area contributed by atoms with Gasteiger partial charge in [-0.15, -0.1) is 0 Å². The average molecular weight is 409 g/mol. The largest absolute Gasteiger partial charge is 0.419 e. The number of likely N-dealkylation sites (tertiary alicyclic amines) is 1. The molecule has 10 heteroatoms. The molecule has 7 nitrogen and oxygen atoms in total. The maximum Gasteiger partial charge on any atom is 0.419 e. The molecule has 1 saturated heterocycles. The van der Waals surface area contributed by atoms with Crippen LogP contribution < -0.4 is 10.5 Å². The van der Waals surface area contributed by atoms with Crippen LogP contribution in [0.4, 0.5) is 19.0 Å². The summed E-state index contributed by atoms with van der Waals surface area (Å²) in [7, 11) is 1.56. The molecule has 156 valence electrons. The summed E-state index contributed by atoms with van der Waals surface area (Å²) < 4.78 is 41.2. The standard InChI is InChI=1S/C19H22F3N5O2/c1-13-9-16(28)27(12-24-13)11-17(29)26-8-4-5-14(10-26)25(2)18-15(19(20,21)22)6-3-7-23-18/h3,6-7,9,12,14H,4-5,8,10-11H2,1-2H3. The van der Waals surface area contributed by atoms with Crippen molar-refractivity contribution in [3.63, 3.8) is 0 Å². The number of hydrogen-bond donors (Lipinski definition) is 0. The van der Waals surface area contributed by atoms with Gasteiger partial charge in [0.15, 0.2) is 0 Å². The molecular formula is C19H22F3N5O2. The molecule has 0 radical (unpaired) electrons. The van der Waals surface area contributed by atoms with E-state index in [9.17, 15) is 22.8 Å². The summed E-state index contributed by atoms with van der Waals surface area (Å²) in [6.45, 7) is 2.29. The van der Waals surface area contributed by atoms with E-state index in [4.69, 9.17) is 0 Å². The fourth-order valence-electron chi connectivity index (χ4n) is 3.45.